The Labute approximate surface area is 125 Å². The van der Waals surface area contributed by atoms with Crippen molar-refractivity contribution in [3.63, 3.8) is 0 Å². The number of likely N-dealkylation sites (N-methyl/N-ethyl adjacent to an activating group) is 1. The van der Waals surface area contributed by atoms with Gasteiger partial charge in [0.15, 0.2) is 0 Å². The maximum absolute atomic E-state index is 12.5. The Morgan fingerprint density at radius 1 is 1.39 bits per heavy atom. The number of sulfonamides is 1. The second-order valence-corrected chi connectivity index (χ2v) is 7.64. The van der Waals surface area contributed by atoms with Gasteiger partial charge in [-0.1, -0.05) is 35.0 Å². The van der Waals surface area contributed by atoms with Crippen LogP contribution in [-0.4, -0.2) is 25.8 Å². The fourth-order valence-electron chi connectivity index (χ4n) is 1.49. The summed E-state index contributed by atoms with van der Waals surface area (Å²) in [6.45, 7) is 8.14. The molecule has 0 unspecified atom stereocenters. The van der Waals surface area contributed by atoms with E-state index in [4.69, 9.17) is 0 Å². The summed E-state index contributed by atoms with van der Waals surface area (Å²) >= 11 is 6.59. The van der Waals surface area contributed by atoms with Crippen LogP contribution in [0.15, 0.2) is 44.2 Å². The quantitative estimate of drug-likeness (QED) is 0.710. The molecule has 0 aliphatic carbocycles. The lowest BCUT2D eigenvalue weighted by Crippen LogP contribution is -2.32. The van der Waals surface area contributed by atoms with Gasteiger partial charge in [-0.05, 0) is 41.1 Å². The van der Waals surface area contributed by atoms with E-state index in [9.17, 15) is 8.42 Å². The molecule has 3 nitrogen and oxygen atoms in total. The minimum atomic E-state index is -3.49. The molecule has 0 saturated carbocycles. The summed E-state index contributed by atoms with van der Waals surface area (Å²) in [5.74, 6) is 0. The van der Waals surface area contributed by atoms with Gasteiger partial charge in [0.2, 0.25) is 10.0 Å². The molecule has 1 aromatic rings. The number of halogens is 2. The molecule has 0 bridgehead atoms. The molecule has 18 heavy (non-hydrogen) atoms. The Hall–Kier alpha value is -0.170. The molecular formula is C12H15Br2NO2S. The van der Waals surface area contributed by atoms with E-state index >= 15 is 0 Å². The van der Waals surface area contributed by atoms with E-state index in [0.717, 1.165) is 10.0 Å². The third-order valence-electron chi connectivity index (χ3n) is 2.31. The predicted molar refractivity (Wildman–Crippen MR) is 81.1 cm³/mol. The molecule has 0 radical (unpaired) electrons. The van der Waals surface area contributed by atoms with Crippen LogP contribution < -0.4 is 0 Å². The molecule has 0 fully saturated rings. The first-order valence-corrected chi connectivity index (χ1v) is 8.41. The lowest BCUT2D eigenvalue weighted by molar-refractivity contribution is 0.452. The smallest absolute Gasteiger partial charge is 0.207 e. The Morgan fingerprint density at radius 2 is 2.00 bits per heavy atom. The number of rotatable bonds is 5. The molecule has 0 N–H and O–H groups in total. The molecule has 1 aromatic carbocycles. The highest BCUT2D eigenvalue weighted by Crippen LogP contribution is 2.28. The van der Waals surface area contributed by atoms with E-state index in [1.54, 1.807) is 18.2 Å². The summed E-state index contributed by atoms with van der Waals surface area (Å²) in [7, 11) is -3.49. The zero-order valence-electron chi connectivity index (χ0n) is 10.3. The van der Waals surface area contributed by atoms with Gasteiger partial charge in [-0.2, -0.15) is 4.31 Å². The van der Waals surface area contributed by atoms with Crippen LogP contribution in [0.5, 0.6) is 0 Å². The lowest BCUT2D eigenvalue weighted by Gasteiger charge is -2.21. The topological polar surface area (TPSA) is 37.4 Å². The van der Waals surface area contributed by atoms with Crippen LogP contribution in [0.2, 0.25) is 0 Å². The number of benzene rings is 1. The van der Waals surface area contributed by atoms with E-state index in [-0.39, 0.29) is 4.90 Å². The van der Waals surface area contributed by atoms with Crippen LogP contribution in [0.1, 0.15) is 13.8 Å². The van der Waals surface area contributed by atoms with Gasteiger partial charge in [-0.25, -0.2) is 8.42 Å². The van der Waals surface area contributed by atoms with Crippen molar-refractivity contribution in [2.75, 3.05) is 13.1 Å². The third-order valence-corrected chi connectivity index (χ3v) is 5.70. The van der Waals surface area contributed by atoms with E-state index in [2.05, 4.69) is 38.4 Å². The molecule has 0 spiro atoms. The van der Waals surface area contributed by atoms with Gasteiger partial charge in [0.1, 0.15) is 0 Å². The van der Waals surface area contributed by atoms with Gasteiger partial charge in [-0.3, -0.25) is 0 Å². The first kappa shape index (κ1) is 15.9. The fraction of sp³-hybridized carbons (Fsp3) is 0.333. The summed E-state index contributed by atoms with van der Waals surface area (Å²) in [6.07, 6.45) is 0. The average molecular weight is 397 g/mol. The SMILES string of the molecule is C=C(C)CN(CC)S(=O)(=O)c1ccc(Br)cc1Br. The van der Waals surface area contributed by atoms with Crippen molar-refractivity contribution in [1.82, 2.24) is 4.31 Å². The maximum atomic E-state index is 12.5. The highest BCUT2D eigenvalue weighted by molar-refractivity contribution is 9.11. The molecule has 0 amide bonds. The van der Waals surface area contributed by atoms with Gasteiger partial charge < -0.3 is 0 Å². The van der Waals surface area contributed by atoms with E-state index in [0.29, 0.717) is 17.6 Å². The van der Waals surface area contributed by atoms with Crippen LogP contribution in [0, 0.1) is 0 Å². The molecule has 0 aliphatic heterocycles. The molecule has 0 aliphatic rings. The van der Waals surface area contributed by atoms with Crippen LogP contribution >= 0.6 is 31.9 Å². The van der Waals surface area contributed by atoms with Crippen molar-refractivity contribution in [2.45, 2.75) is 18.7 Å². The van der Waals surface area contributed by atoms with Crippen molar-refractivity contribution in [3.05, 3.63) is 39.3 Å². The molecule has 100 valence electrons. The highest BCUT2D eigenvalue weighted by Gasteiger charge is 2.25. The Bertz CT molecular complexity index is 555. The first-order valence-electron chi connectivity index (χ1n) is 5.38. The molecular weight excluding hydrogens is 382 g/mol. The van der Waals surface area contributed by atoms with Gasteiger partial charge in [0.05, 0.1) is 4.90 Å². The van der Waals surface area contributed by atoms with Crippen molar-refractivity contribution >= 4 is 41.9 Å². The van der Waals surface area contributed by atoms with Crippen LogP contribution in [0.25, 0.3) is 0 Å². The Morgan fingerprint density at radius 3 is 2.44 bits per heavy atom. The number of hydrogen-bond acceptors (Lipinski definition) is 2. The second kappa shape index (κ2) is 6.32. The van der Waals surface area contributed by atoms with Crippen molar-refractivity contribution in [1.29, 1.82) is 0 Å². The predicted octanol–water partition coefficient (Wildman–Crippen LogP) is 3.80. The molecule has 6 heteroatoms. The normalized spacial score (nSPS) is 11.8. The minimum Gasteiger partial charge on any atom is -0.207 e. The Kier molecular flexibility index (Phi) is 5.58. The zero-order chi connectivity index (χ0) is 13.9. The Balaban J connectivity index is 3.23. The van der Waals surface area contributed by atoms with Crippen LogP contribution in [-0.2, 0) is 10.0 Å². The van der Waals surface area contributed by atoms with Crippen molar-refractivity contribution in [3.8, 4) is 0 Å². The molecule has 0 saturated heterocycles. The van der Waals surface area contributed by atoms with E-state index < -0.39 is 10.0 Å². The van der Waals surface area contributed by atoms with Crippen LogP contribution in [0.3, 0.4) is 0 Å². The van der Waals surface area contributed by atoms with Crippen molar-refractivity contribution in [2.24, 2.45) is 0 Å². The summed E-state index contributed by atoms with van der Waals surface area (Å²) in [6, 6.07) is 5.03. The minimum absolute atomic E-state index is 0.272. The molecule has 0 heterocycles. The van der Waals surface area contributed by atoms with Gasteiger partial charge in [0.25, 0.3) is 0 Å². The van der Waals surface area contributed by atoms with Gasteiger partial charge in [-0.15, -0.1) is 0 Å². The van der Waals surface area contributed by atoms with Crippen molar-refractivity contribution < 1.29 is 8.42 Å². The third kappa shape index (κ3) is 3.66. The van der Waals surface area contributed by atoms with Gasteiger partial charge >= 0.3 is 0 Å². The van der Waals surface area contributed by atoms with E-state index in [1.165, 1.54) is 4.31 Å². The first-order chi connectivity index (χ1) is 8.28. The summed E-state index contributed by atoms with van der Waals surface area (Å²) in [5.41, 5.74) is 0.814. The highest BCUT2D eigenvalue weighted by atomic mass is 79.9. The summed E-state index contributed by atoms with van der Waals surface area (Å²) in [4.78, 5) is 0.272. The number of hydrogen-bond donors (Lipinski definition) is 0. The largest absolute Gasteiger partial charge is 0.244 e. The molecule has 0 aromatic heterocycles. The average Bonchev–Trinajstić information content (AvgIpc) is 2.24. The summed E-state index contributed by atoms with van der Waals surface area (Å²) < 4.78 is 27.7. The van der Waals surface area contributed by atoms with Gasteiger partial charge in [0, 0.05) is 22.0 Å². The maximum Gasteiger partial charge on any atom is 0.244 e. The molecule has 1 rings (SSSR count). The van der Waals surface area contributed by atoms with E-state index in [1.807, 2.05) is 13.8 Å². The molecule has 0 atom stereocenters. The zero-order valence-corrected chi connectivity index (χ0v) is 14.3. The lowest BCUT2D eigenvalue weighted by atomic mass is 10.3. The summed E-state index contributed by atoms with van der Waals surface area (Å²) in [5, 5.41) is 0. The monoisotopic (exact) mass is 395 g/mol. The van der Waals surface area contributed by atoms with Crippen LogP contribution in [0.4, 0.5) is 0 Å². The number of nitrogens with zero attached hydrogens (tertiary/aromatic N) is 1. The standard InChI is InChI=1S/C12H15Br2NO2S/c1-4-15(8-9(2)3)18(16,17)12-6-5-10(13)7-11(12)14/h5-7H,2,4,8H2,1,3H3. The second-order valence-electron chi connectivity index (χ2n) is 3.96. The fourth-order valence-corrected chi connectivity index (χ4v) is 4.71.